The lowest BCUT2D eigenvalue weighted by Gasteiger charge is -2.32. The average Bonchev–Trinajstić information content (AvgIpc) is 2.55. The van der Waals surface area contributed by atoms with Gasteiger partial charge in [-0.25, -0.2) is 4.98 Å². The summed E-state index contributed by atoms with van der Waals surface area (Å²) >= 11 is 0. The second kappa shape index (κ2) is 6.51. The Hall–Kier alpha value is -2.50. The fourth-order valence-corrected chi connectivity index (χ4v) is 2.57. The topological polar surface area (TPSA) is 68.2 Å². The number of aryl methyl sites for hydroxylation is 1. The Kier molecular flexibility index (Phi) is 4.27. The zero-order valence-electron chi connectivity index (χ0n) is 12.5. The van der Waals surface area contributed by atoms with E-state index in [-0.39, 0.29) is 12.0 Å². The predicted octanol–water partition coefficient (Wildman–Crippen LogP) is 1.86. The van der Waals surface area contributed by atoms with Crippen molar-refractivity contribution in [3.63, 3.8) is 0 Å². The summed E-state index contributed by atoms with van der Waals surface area (Å²) in [5, 5.41) is 0. The lowest BCUT2D eigenvalue weighted by molar-refractivity contribution is 0.0527. The van der Waals surface area contributed by atoms with Crippen molar-refractivity contribution in [3.8, 4) is 5.88 Å². The van der Waals surface area contributed by atoms with Gasteiger partial charge in [0.2, 0.25) is 5.88 Å². The van der Waals surface area contributed by atoms with Gasteiger partial charge in [0.1, 0.15) is 11.9 Å². The van der Waals surface area contributed by atoms with Gasteiger partial charge in [-0.15, -0.1) is 0 Å². The van der Waals surface area contributed by atoms with E-state index in [2.05, 4.69) is 15.0 Å². The van der Waals surface area contributed by atoms with Crippen molar-refractivity contribution in [2.24, 2.45) is 0 Å². The van der Waals surface area contributed by atoms with Crippen LogP contribution in [0.1, 0.15) is 29.0 Å². The first-order chi connectivity index (χ1) is 10.7. The van der Waals surface area contributed by atoms with Crippen LogP contribution in [-0.4, -0.2) is 45.0 Å². The summed E-state index contributed by atoms with van der Waals surface area (Å²) in [6, 6.07) is 5.22. The van der Waals surface area contributed by atoms with Gasteiger partial charge in [0.25, 0.3) is 5.91 Å². The highest BCUT2D eigenvalue weighted by atomic mass is 16.5. The van der Waals surface area contributed by atoms with Crippen LogP contribution in [-0.2, 0) is 0 Å². The SMILES string of the molecule is Cc1nccc(O[C@@H]2CCCN(C(=O)c3ccncc3)C2)n1. The fourth-order valence-electron chi connectivity index (χ4n) is 2.57. The predicted molar refractivity (Wildman–Crippen MR) is 80.6 cm³/mol. The highest BCUT2D eigenvalue weighted by Gasteiger charge is 2.25. The second-order valence-corrected chi connectivity index (χ2v) is 5.31. The van der Waals surface area contributed by atoms with Crippen molar-refractivity contribution < 1.29 is 9.53 Å². The van der Waals surface area contributed by atoms with Crippen LogP contribution < -0.4 is 4.74 Å². The molecule has 0 radical (unpaired) electrons. The molecule has 1 atom stereocenters. The Morgan fingerprint density at radius 1 is 1.27 bits per heavy atom. The van der Waals surface area contributed by atoms with Crippen LogP contribution in [0, 0.1) is 6.92 Å². The van der Waals surface area contributed by atoms with Crippen LogP contribution in [0.25, 0.3) is 0 Å². The number of pyridine rings is 1. The summed E-state index contributed by atoms with van der Waals surface area (Å²) in [7, 11) is 0. The molecule has 0 N–H and O–H groups in total. The van der Waals surface area contributed by atoms with Crippen LogP contribution >= 0.6 is 0 Å². The van der Waals surface area contributed by atoms with Crippen molar-refractivity contribution >= 4 is 5.91 Å². The molecule has 0 bridgehead atoms. The number of ether oxygens (including phenoxy) is 1. The molecular weight excluding hydrogens is 280 g/mol. The third-order valence-electron chi connectivity index (χ3n) is 3.63. The molecular formula is C16H18N4O2. The van der Waals surface area contributed by atoms with Gasteiger partial charge in [-0.2, -0.15) is 4.98 Å². The number of hydrogen-bond donors (Lipinski definition) is 0. The van der Waals surface area contributed by atoms with E-state index in [0.29, 0.717) is 23.8 Å². The standard InChI is InChI=1S/C16H18N4O2/c1-12-18-9-6-15(19-12)22-14-3-2-10-20(11-14)16(21)13-4-7-17-8-5-13/h4-9,14H,2-3,10-11H2,1H3/t14-/m1/s1. The number of likely N-dealkylation sites (tertiary alicyclic amines) is 1. The molecule has 22 heavy (non-hydrogen) atoms. The molecule has 3 rings (SSSR count). The van der Waals surface area contributed by atoms with Gasteiger partial charge >= 0.3 is 0 Å². The van der Waals surface area contributed by atoms with E-state index in [9.17, 15) is 4.79 Å². The first kappa shape index (κ1) is 14.4. The monoisotopic (exact) mass is 298 g/mol. The van der Waals surface area contributed by atoms with Crippen LogP contribution in [0.2, 0.25) is 0 Å². The summed E-state index contributed by atoms with van der Waals surface area (Å²) in [5.41, 5.74) is 0.661. The Balaban J connectivity index is 1.65. The van der Waals surface area contributed by atoms with Gasteiger partial charge < -0.3 is 9.64 Å². The molecule has 2 aromatic heterocycles. The van der Waals surface area contributed by atoms with E-state index in [1.807, 2.05) is 11.8 Å². The van der Waals surface area contributed by atoms with Crippen molar-refractivity contribution in [1.29, 1.82) is 0 Å². The van der Waals surface area contributed by atoms with Crippen LogP contribution in [0.5, 0.6) is 5.88 Å². The van der Waals surface area contributed by atoms with Gasteiger partial charge in [0.15, 0.2) is 0 Å². The molecule has 1 amide bonds. The first-order valence-corrected chi connectivity index (χ1v) is 7.38. The van der Waals surface area contributed by atoms with E-state index < -0.39 is 0 Å². The fraction of sp³-hybridized carbons (Fsp3) is 0.375. The van der Waals surface area contributed by atoms with Gasteiger partial charge in [-0.1, -0.05) is 0 Å². The van der Waals surface area contributed by atoms with E-state index in [4.69, 9.17) is 4.74 Å². The van der Waals surface area contributed by atoms with Crippen molar-refractivity contribution in [1.82, 2.24) is 19.9 Å². The molecule has 114 valence electrons. The third kappa shape index (κ3) is 3.39. The van der Waals surface area contributed by atoms with E-state index >= 15 is 0 Å². The molecule has 6 heteroatoms. The smallest absolute Gasteiger partial charge is 0.254 e. The Morgan fingerprint density at radius 3 is 2.86 bits per heavy atom. The Bertz CT molecular complexity index is 648. The number of carbonyl (C=O) groups excluding carboxylic acids is 1. The maximum absolute atomic E-state index is 12.5. The minimum absolute atomic E-state index is 0.0227. The summed E-state index contributed by atoms with van der Waals surface area (Å²) < 4.78 is 5.90. The number of aromatic nitrogens is 3. The maximum atomic E-state index is 12.5. The largest absolute Gasteiger partial charge is 0.472 e. The van der Waals surface area contributed by atoms with Crippen LogP contribution in [0.3, 0.4) is 0 Å². The molecule has 3 heterocycles. The molecule has 1 saturated heterocycles. The molecule has 6 nitrogen and oxygen atoms in total. The minimum atomic E-state index is -0.0335. The molecule has 0 aliphatic carbocycles. The van der Waals surface area contributed by atoms with E-state index in [1.54, 1.807) is 36.8 Å². The Morgan fingerprint density at radius 2 is 2.09 bits per heavy atom. The number of hydrogen-bond acceptors (Lipinski definition) is 5. The molecule has 0 unspecified atom stereocenters. The summed E-state index contributed by atoms with van der Waals surface area (Å²) in [5.74, 6) is 1.27. The zero-order chi connectivity index (χ0) is 15.4. The molecule has 0 aromatic carbocycles. The highest BCUT2D eigenvalue weighted by molar-refractivity contribution is 5.94. The first-order valence-electron chi connectivity index (χ1n) is 7.38. The third-order valence-corrected chi connectivity index (χ3v) is 3.63. The zero-order valence-corrected chi connectivity index (χ0v) is 12.5. The van der Waals surface area contributed by atoms with Crippen LogP contribution in [0.4, 0.5) is 0 Å². The molecule has 2 aromatic rings. The van der Waals surface area contributed by atoms with E-state index in [1.165, 1.54) is 0 Å². The summed E-state index contributed by atoms with van der Waals surface area (Å²) in [4.78, 5) is 26.5. The molecule has 1 fully saturated rings. The van der Waals surface area contributed by atoms with Gasteiger partial charge in [0.05, 0.1) is 6.54 Å². The van der Waals surface area contributed by atoms with Gasteiger partial charge in [0, 0.05) is 36.8 Å². The molecule has 1 aliphatic rings. The lowest BCUT2D eigenvalue weighted by atomic mass is 10.1. The van der Waals surface area contributed by atoms with Crippen molar-refractivity contribution in [2.75, 3.05) is 13.1 Å². The number of rotatable bonds is 3. The second-order valence-electron chi connectivity index (χ2n) is 5.31. The number of amides is 1. The summed E-state index contributed by atoms with van der Waals surface area (Å²) in [6.07, 6.45) is 6.76. The number of carbonyl (C=O) groups is 1. The summed E-state index contributed by atoms with van der Waals surface area (Å²) in [6.45, 7) is 3.15. The number of nitrogens with zero attached hydrogens (tertiary/aromatic N) is 4. The highest BCUT2D eigenvalue weighted by Crippen LogP contribution is 2.18. The van der Waals surface area contributed by atoms with E-state index in [0.717, 1.165) is 19.4 Å². The van der Waals surface area contributed by atoms with Gasteiger partial charge in [-0.05, 0) is 31.9 Å². The molecule has 0 spiro atoms. The maximum Gasteiger partial charge on any atom is 0.254 e. The number of piperidine rings is 1. The Labute approximate surface area is 129 Å². The normalized spacial score (nSPS) is 18.0. The minimum Gasteiger partial charge on any atom is -0.472 e. The lowest BCUT2D eigenvalue weighted by Crippen LogP contribution is -2.44. The van der Waals surface area contributed by atoms with Gasteiger partial charge in [-0.3, -0.25) is 9.78 Å². The van der Waals surface area contributed by atoms with Crippen LogP contribution in [0.15, 0.2) is 36.8 Å². The van der Waals surface area contributed by atoms with Crippen molar-refractivity contribution in [2.45, 2.75) is 25.9 Å². The average molecular weight is 298 g/mol. The molecule has 1 aliphatic heterocycles. The quantitative estimate of drug-likeness (QED) is 0.865. The molecule has 0 saturated carbocycles. The van der Waals surface area contributed by atoms with Crippen molar-refractivity contribution in [3.05, 3.63) is 48.2 Å².